The summed E-state index contributed by atoms with van der Waals surface area (Å²) in [6.45, 7) is -3.78. The fourth-order valence-electron chi connectivity index (χ4n) is 5.99. The van der Waals surface area contributed by atoms with Gasteiger partial charge in [-0.3, -0.25) is 44.1 Å². The highest BCUT2D eigenvalue weighted by atomic mass is 31.1. The summed E-state index contributed by atoms with van der Waals surface area (Å²) < 4.78 is 52.0. The van der Waals surface area contributed by atoms with Gasteiger partial charge in [0.1, 0.15) is 39.2 Å². The number of hydrogen-bond acceptors (Lipinski definition) is 26. The highest BCUT2D eigenvalue weighted by Crippen LogP contribution is 2.12. The molecule has 2 rings (SSSR count). The van der Waals surface area contributed by atoms with Gasteiger partial charge in [0.25, 0.3) is 23.6 Å². The topological polar surface area (TPSA) is 457 Å². The van der Waals surface area contributed by atoms with Crippen molar-refractivity contribution in [3.8, 4) is 0 Å². The highest BCUT2D eigenvalue weighted by molar-refractivity contribution is 7.28. The molecule has 4 amide bonds. The maximum absolute atomic E-state index is 12.0. The van der Waals surface area contributed by atoms with Crippen molar-refractivity contribution >= 4 is 44.4 Å². The van der Waals surface area contributed by atoms with Crippen molar-refractivity contribution in [1.82, 2.24) is 9.80 Å². The summed E-state index contributed by atoms with van der Waals surface area (Å²) in [4.78, 5) is 69.6. The zero-order valence-corrected chi connectivity index (χ0v) is 43.6. The SMILES string of the molecule is NCCOC(CO)OC(CO)COC(CO)OC(CO)CO.NPF.O=C(CCCCCN1C(=O)C=CC1=O)CCCOC(CO)OC(CO)COC(CO)OC(CO)CO.O=C(O)CCCCCN1C(=O)C=CC1=O. The molecule has 0 spiro atoms. The van der Waals surface area contributed by atoms with E-state index in [0.29, 0.717) is 64.5 Å². The van der Waals surface area contributed by atoms with Gasteiger partial charge in [0.15, 0.2) is 25.2 Å². The number of rotatable bonds is 44. The Morgan fingerprint density at radius 2 is 0.789 bits per heavy atom. The molecule has 7 unspecified atom stereocenters. The maximum atomic E-state index is 12.0. The molecule has 0 aromatic carbocycles. The molecule has 2 heterocycles. The van der Waals surface area contributed by atoms with Gasteiger partial charge in [-0.2, -0.15) is 0 Å². The Bertz CT molecular complexity index is 1550. The zero-order chi connectivity index (χ0) is 57.5. The van der Waals surface area contributed by atoms with Crippen molar-refractivity contribution in [3.63, 3.8) is 0 Å². The highest BCUT2D eigenvalue weighted by Gasteiger charge is 2.25. The Labute approximate surface area is 441 Å². The van der Waals surface area contributed by atoms with E-state index in [1.54, 1.807) is 0 Å². The van der Waals surface area contributed by atoms with E-state index < -0.39 is 131 Å². The van der Waals surface area contributed by atoms with Crippen LogP contribution in [-0.4, -0.2) is 263 Å². The molecule has 0 saturated heterocycles. The first-order valence-corrected chi connectivity index (χ1v) is 25.2. The summed E-state index contributed by atoms with van der Waals surface area (Å²) >= 11 is 0. The number of aliphatic hydroxyl groups excluding tert-OH is 10. The second-order valence-corrected chi connectivity index (χ2v) is 16.1. The smallest absolute Gasteiger partial charge is 0.303 e. The van der Waals surface area contributed by atoms with Crippen LogP contribution in [0.2, 0.25) is 0 Å². The number of imide groups is 2. The van der Waals surface area contributed by atoms with Crippen LogP contribution in [-0.2, 0) is 66.7 Å². The van der Waals surface area contributed by atoms with Crippen molar-refractivity contribution in [3.05, 3.63) is 24.3 Å². The first kappa shape index (κ1) is 74.5. The molecule has 0 aliphatic carbocycles. The Morgan fingerprint density at radius 1 is 0.474 bits per heavy atom. The standard InChI is InChI=1S/C23H39NO12.C12H27NO9.C10H13NO4.FH3NP/c25-11-18(12-26)35-23(15-29)34-16-19(13-27)36-22(14-28)33-10-4-6-17(30)5-2-1-3-9-24-20(31)7-8-21(24)32;13-1-2-19-11(6-17)22-10(5-16)8-20-12(7-18)21-9(3-14)4-15;12-8-5-6-9(13)11(8)7-3-1-2-4-10(14)15;1-3-2/h7-8,18-19,22-23,25-29H,1-6,9-16H2;9-12,14-18H,1-8,13H2;5-6H,1-4,7H2,(H,14,15);3H,2H2. The summed E-state index contributed by atoms with van der Waals surface area (Å²) in [7, 11) is -0.917. The number of carbonyl (C=O) groups excluding carboxylic acids is 5. The van der Waals surface area contributed by atoms with E-state index in [2.05, 4.69) is 5.50 Å². The van der Waals surface area contributed by atoms with Crippen LogP contribution >= 0.6 is 9.04 Å². The molecular weight excluding hydrogens is 1050 g/mol. The average molecular weight is 1130 g/mol. The number of carbonyl (C=O) groups is 6. The van der Waals surface area contributed by atoms with Crippen molar-refractivity contribution in [2.45, 2.75) is 114 Å². The lowest BCUT2D eigenvalue weighted by molar-refractivity contribution is -0.240. The van der Waals surface area contributed by atoms with Crippen LogP contribution in [0, 0.1) is 0 Å². The van der Waals surface area contributed by atoms with Gasteiger partial charge in [-0.25, -0.2) is 4.20 Å². The molecule has 76 heavy (non-hydrogen) atoms. The van der Waals surface area contributed by atoms with Crippen LogP contribution in [0.25, 0.3) is 0 Å². The normalized spacial score (nSPS) is 15.7. The molecule has 7 atom stereocenters. The monoisotopic (exact) mass is 1130 g/mol. The minimum Gasteiger partial charge on any atom is -0.481 e. The van der Waals surface area contributed by atoms with E-state index in [1.807, 2.05) is 0 Å². The van der Waals surface area contributed by atoms with Crippen molar-refractivity contribution in [2.24, 2.45) is 11.2 Å². The Hall–Kier alpha value is -3.54. The minimum absolute atomic E-state index is 0.0517. The average Bonchev–Trinajstić information content (AvgIpc) is 3.92. The van der Waals surface area contributed by atoms with Crippen LogP contribution in [0.4, 0.5) is 4.20 Å². The first-order valence-electron chi connectivity index (χ1n) is 24.3. The van der Waals surface area contributed by atoms with Gasteiger partial charge < -0.3 is 99.8 Å². The molecule has 0 aromatic rings. The third-order valence-corrected chi connectivity index (χ3v) is 9.87. The summed E-state index contributed by atoms with van der Waals surface area (Å²) in [5.41, 5.74) is 9.47. The van der Waals surface area contributed by atoms with Crippen LogP contribution < -0.4 is 11.2 Å². The molecule has 29 nitrogen and oxygen atoms in total. The van der Waals surface area contributed by atoms with Gasteiger partial charge in [-0.05, 0) is 32.1 Å². The number of nitrogens with zero attached hydrogens (tertiary/aromatic N) is 2. The van der Waals surface area contributed by atoms with Gasteiger partial charge in [0, 0.05) is 63.2 Å². The third-order valence-electron chi connectivity index (χ3n) is 9.87. The predicted octanol–water partition coefficient (Wildman–Crippen LogP) is -4.42. The van der Waals surface area contributed by atoms with E-state index in [0.717, 1.165) is 0 Å². The Balaban J connectivity index is 0. The lowest BCUT2D eigenvalue weighted by atomic mass is 10.1. The Kier molecular flexibility index (Phi) is 48.8. The molecule has 0 aromatic heterocycles. The Morgan fingerprint density at radius 3 is 1.12 bits per heavy atom. The van der Waals surface area contributed by atoms with E-state index in [4.69, 9.17) is 79.4 Å². The number of ketones is 1. The third kappa shape index (κ3) is 37.3. The van der Waals surface area contributed by atoms with Gasteiger partial charge in [-0.1, -0.05) is 12.8 Å². The quantitative estimate of drug-likeness (QED) is 0.0119. The number of halogens is 1. The number of aliphatic carboxylic acids is 1. The number of amides is 4. The summed E-state index contributed by atoms with van der Waals surface area (Å²) in [6, 6.07) is 0. The van der Waals surface area contributed by atoms with Crippen molar-refractivity contribution < 1.29 is 127 Å². The molecule has 2 aliphatic heterocycles. The number of unbranched alkanes of at least 4 members (excludes halogenated alkanes) is 4. The van der Waals surface area contributed by atoms with Crippen LogP contribution in [0.3, 0.4) is 0 Å². The number of aliphatic hydroxyl groups is 10. The number of Topliss-reactive ketones (excluding diaryl/α,β-unsaturated/α-hetero) is 1. The lowest BCUT2D eigenvalue weighted by Crippen LogP contribution is -2.38. The van der Waals surface area contributed by atoms with Crippen LogP contribution in [0.15, 0.2) is 24.3 Å². The number of carboxylic acids is 1. The minimum atomic E-state index is -1.16. The number of nitrogens with two attached hydrogens (primary N) is 2. The number of ether oxygens (including phenoxy) is 8. The molecule has 2 aliphatic rings. The summed E-state index contributed by atoms with van der Waals surface area (Å²) in [5.74, 6) is -1.94. The maximum Gasteiger partial charge on any atom is 0.303 e. The van der Waals surface area contributed by atoms with E-state index in [1.165, 1.54) is 34.1 Å². The van der Waals surface area contributed by atoms with E-state index >= 15 is 0 Å². The molecule has 444 valence electrons. The number of hydrogen-bond donors (Lipinski definition) is 13. The second kappa shape index (κ2) is 49.7. The van der Waals surface area contributed by atoms with Crippen LogP contribution in [0.5, 0.6) is 0 Å². The van der Waals surface area contributed by atoms with Crippen LogP contribution in [0.1, 0.15) is 64.2 Å². The molecule has 0 bridgehead atoms. The fraction of sp³-hybridized carbons (Fsp3) is 0.778. The molecule has 31 heteroatoms. The van der Waals surface area contributed by atoms with E-state index in [-0.39, 0.29) is 75.2 Å². The largest absolute Gasteiger partial charge is 0.481 e. The van der Waals surface area contributed by atoms with Gasteiger partial charge in [0.2, 0.25) is 0 Å². The fourth-order valence-corrected chi connectivity index (χ4v) is 5.99. The lowest BCUT2D eigenvalue weighted by Gasteiger charge is -2.25. The van der Waals surface area contributed by atoms with Crippen molar-refractivity contribution in [1.29, 1.82) is 0 Å². The molecule has 15 N–H and O–H groups in total. The number of carboxylic acid groups (broad SMARTS) is 1. The van der Waals surface area contributed by atoms with Gasteiger partial charge in [-0.15, -0.1) is 0 Å². The zero-order valence-electron chi connectivity index (χ0n) is 42.6. The first-order chi connectivity index (χ1) is 36.5. The van der Waals surface area contributed by atoms with Gasteiger partial charge >= 0.3 is 5.97 Å². The van der Waals surface area contributed by atoms with E-state index in [9.17, 15) is 53.4 Å². The molecule has 0 saturated carbocycles. The molecular formula is C45H82FN4O25P. The molecule has 0 radical (unpaired) electrons. The van der Waals surface area contributed by atoms with Gasteiger partial charge in [0.05, 0.1) is 92.5 Å². The molecule has 0 fully saturated rings. The predicted molar refractivity (Wildman–Crippen MR) is 263 cm³/mol. The summed E-state index contributed by atoms with van der Waals surface area (Å²) in [5, 5.41) is 99.8. The second-order valence-electron chi connectivity index (χ2n) is 15.9. The van der Waals surface area contributed by atoms with Crippen molar-refractivity contribution in [2.75, 3.05) is 112 Å². The summed E-state index contributed by atoms with van der Waals surface area (Å²) in [6.07, 6.45) is 2.32.